The fourth-order valence-electron chi connectivity index (χ4n) is 1.67. The van der Waals surface area contributed by atoms with Crippen molar-refractivity contribution in [1.82, 2.24) is 0 Å². The molecule has 0 bridgehead atoms. The molecule has 0 spiro atoms. The molecule has 0 amide bonds. The molecule has 2 N–H and O–H groups in total. The van der Waals surface area contributed by atoms with Crippen LogP contribution in [0.2, 0.25) is 0 Å². The Morgan fingerprint density at radius 3 is 2.65 bits per heavy atom. The third-order valence-corrected chi connectivity index (χ3v) is 2.79. The lowest BCUT2D eigenvalue weighted by Crippen LogP contribution is -2.04. The number of nitrogens with one attached hydrogen (secondary N) is 1. The minimum atomic E-state index is 0.255. The fraction of sp³-hybridized carbons (Fsp3) is 0.571. The summed E-state index contributed by atoms with van der Waals surface area (Å²) in [7, 11) is 1.69. The van der Waals surface area contributed by atoms with Crippen LogP contribution >= 0.6 is 0 Å². The summed E-state index contributed by atoms with van der Waals surface area (Å²) in [6, 6.07) is 6.27. The van der Waals surface area contributed by atoms with Gasteiger partial charge >= 0.3 is 0 Å². The zero-order valence-electron chi connectivity index (χ0n) is 11.0. The van der Waals surface area contributed by atoms with Gasteiger partial charge in [-0.05, 0) is 36.5 Å². The summed E-state index contributed by atoms with van der Waals surface area (Å²) >= 11 is 0. The Bertz CT molecular complexity index is 337. The molecule has 17 heavy (non-hydrogen) atoms. The molecule has 1 aromatic rings. The van der Waals surface area contributed by atoms with Gasteiger partial charge in [-0.2, -0.15) is 0 Å². The Labute approximate surface area is 104 Å². The van der Waals surface area contributed by atoms with Gasteiger partial charge < -0.3 is 15.2 Å². The van der Waals surface area contributed by atoms with Crippen LogP contribution in [0.15, 0.2) is 18.2 Å². The highest BCUT2D eigenvalue weighted by molar-refractivity contribution is 5.58. The summed E-state index contributed by atoms with van der Waals surface area (Å²) in [5, 5.41) is 12.0. The summed E-state index contributed by atoms with van der Waals surface area (Å²) in [6.07, 6.45) is 1.80. The van der Waals surface area contributed by atoms with E-state index in [1.165, 1.54) is 5.56 Å². The van der Waals surface area contributed by atoms with E-state index in [2.05, 4.69) is 37.4 Å². The molecular formula is C14H23NO2. The third-order valence-electron chi connectivity index (χ3n) is 2.79. The maximum absolute atomic E-state index is 8.71. The van der Waals surface area contributed by atoms with E-state index in [-0.39, 0.29) is 6.61 Å². The molecule has 96 valence electrons. The SMILES string of the molecule is COc1cc(C(C)C)ccc1NCCCCO. The number of hydrogen-bond acceptors (Lipinski definition) is 3. The van der Waals surface area contributed by atoms with Gasteiger partial charge in [0.2, 0.25) is 0 Å². The van der Waals surface area contributed by atoms with Crippen molar-refractivity contribution in [3.63, 3.8) is 0 Å². The molecular weight excluding hydrogens is 214 g/mol. The van der Waals surface area contributed by atoms with E-state index in [1.807, 2.05) is 0 Å². The highest BCUT2D eigenvalue weighted by atomic mass is 16.5. The lowest BCUT2D eigenvalue weighted by Gasteiger charge is -2.14. The van der Waals surface area contributed by atoms with Gasteiger partial charge in [-0.1, -0.05) is 19.9 Å². The molecule has 3 nitrogen and oxygen atoms in total. The maximum atomic E-state index is 8.71. The molecule has 0 heterocycles. The van der Waals surface area contributed by atoms with Crippen molar-refractivity contribution in [3.05, 3.63) is 23.8 Å². The summed E-state index contributed by atoms with van der Waals surface area (Å²) in [6.45, 7) is 5.45. The van der Waals surface area contributed by atoms with Crippen molar-refractivity contribution >= 4 is 5.69 Å². The second kappa shape index (κ2) is 7.17. The predicted octanol–water partition coefficient (Wildman–Crippen LogP) is 3.00. The number of benzene rings is 1. The molecule has 0 saturated heterocycles. The number of unbranched alkanes of at least 4 members (excludes halogenated alkanes) is 1. The van der Waals surface area contributed by atoms with E-state index in [1.54, 1.807) is 7.11 Å². The number of hydrogen-bond donors (Lipinski definition) is 2. The van der Waals surface area contributed by atoms with Gasteiger partial charge in [0, 0.05) is 13.2 Å². The number of aliphatic hydroxyl groups is 1. The largest absolute Gasteiger partial charge is 0.495 e. The highest BCUT2D eigenvalue weighted by Gasteiger charge is 2.06. The van der Waals surface area contributed by atoms with Gasteiger partial charge in [-0.15, -0.1) is 0 Å². The van der Waals surface area contributed by atoms with Crippen LogP contribution in [0.5, 0.6) is 5.75 Å². The molecule has 0 saturated carbocycles. The van der Waals surface area contributed by atoms with Crippen molar-refractivity contribution in [2.45, 2.75) is 32.6 Å². The van der Waals surface area contributed by atoms with E-state index in [4.69, 9.17) is 9.84 Å². The van der Waals surface area contributed by atoms with Crippen LogP contribution < -0.4 is 10.1 Å². The Balaban J connectivity index is 2.65. The minimum absolute atomic E-state index is 0.255. The summed E-state index contributed by atoms with van der Waals surface area (Å²) < 4.78 is 5.38. The van der Waals surface area contributed by atoms with Crippen molar-refractivity contribution in [2.24, 2.45) is 0 Å². The molecule has 0 fully saturated rings. The zero-order chi connectivity index (χ0) is 12.7. The molecule has 0 unspecified atom stereocenters. The minimum Gasteiger partial charge on any atom is -0.495 e. The smallest absolute Gasteiger partial charge is 0.142 e. The van der Waals surface area contributed by atoms with Gasteiger partial charge in [0.15, 0.2) is 0 Å². The highest BCUT2D eigenvalue weighted by Crippen LogP contribution is 2.28. The molecule has 0 aliphatic rings. The number of ether oxygens (including phenoxy) is 1. The second-order valence-electron chi connectivity index (χ2n) is 4.47. The molecule has 0 atom stereocenters. The van der Waals surface area contributed by atoms with Gasteiger partial charge in [0.25, 0.3) is 0 Å². The topological polar surface area (TPSA) is 41.5 Å². The third kappa shape index (κ3) is 4.27. The van der Waals surface area contributed by atoms with Gasteiger partial charge in [-0.25, -0.2) is 0 Å². The van der Waals surface area contributed by atoms with E-state index in [9.17, 15) is 0 Å². The molecule has 0 aromatic heterocycles. The Kier molecular flexibility index (Phi) is 5.84. The summed E-state index contributed by atoms with van der Waals surface area (Å²) in [5.74, 6) is 1.40. The molecule has 0 aliphatic heterocycles. The second-order valence-corrected chi connectivity index (χ2v) is 4.47. The zero-order valence-corrected chi connectivity index (χ0v) is 11.0. The van der Waals surface area contributed by atoms with E-state index in [0.717, 1.165) is 30.8 Å². The number of anilines is 1. The lowest BCUT2D eigenvalue weighted by molar-refractivity contribution is 0.286. The van der Waals surface area contributed by atoms with Crippen molar-refractivity contribution < 1.29 is 9.84 Å². The van der Waals surface area contributed by atoms with Crippen molar-refractivity contribution in [1.29, 1.82) is 0 Å². The summed E-state index contributed by atoms with van der Waals surface area (Å²) in [5.41, 5.74) is 2.30. The first-order valence-electron chi connectivity index (χ1n) is 6.21. The van der Waals surface area contributed by atoms with Crippen LogP contribution in [0.1, 0.15) is 38.2 Å². The average Bonchev–Trinajstić information content (AvgIpc) is 2.34. The Hall–Kier alpha value is -1.22. The predicted molar refractivity (Wildman–Crippen MR) is 71.9 cm³/mol. The molecule has 0 radical (unpaired) electrons. The number of aliphatic hydroxyl groups excluding tert-OH is 1. The first kappa shape index (κ1) is 13.8. The standard InChI is InChI=1S/C14H23NO2/c1-11(2)12-6-7-13(14(10-12)17-3)15-8-4-5-9-16/h6-7,10-11,15-16H,4-5,8-9H2,1-3H3. The van der Waals surface area contributed by atoms with Gasteiger partial charge in [0.05, 0.1) is 12.8 Å². The van der Waals surface area contributed by atoms with Crippen LogP contribution in [-0.4, -0.2) is 25.4 Å². The number of rotatable bonds is 7. The monoisotopic (exact) mass is 237 g/mol. The Morgan fingerprint density at radius 2 is 2.06 bits per heavy atom. The normalized spacial score (nSPS) is 10.6. The van der Waals surface area contributed by atoms with E-state index >= 15 is 0 Å². The Morgan fingerprint density at radius 1 is 1.29 bits per heavy atom. The van der Waals surface area contributed by atoms with Crippen molar-refractivity contribution in [2.75, 3.05) is 25.6 Å². The lowest BCUT2D eigenvalue weighted by atomic mass is 10.0. The maximum Gasteiger partial charge on any atom is 0.142 e. The molecule has 1 rings (SSSR count). The van der Waals surface area contributed by atoms with Crippen LogP contribution in [0.25, 0.3) is 0 Å². The van der Waals surface area contributed by atoms with Crippen LogP contribution in [0, 0.1) is 0 Å². The van der Waals surface area contributed by atoms with Crippen molar-refractivity contribution in [3.8, 4) is 5.75 Å². The first-order chi connectivity index (χ1) is 8.19. The average molecular weight is 237 g/mol. The van der Waals surface area contributed by atoms with Crippen LogP contribution in [0.4, 0.5) is 5.69 Å². The quantitative estimate of drug-likeness (QED) is 0.716. The van der Waals surface area contributed by atoms with Gasteiger partial charge in [0.1, 0.15) is 5.75 Å². The first-order valence-corrected chi connectivity index (χ1v) is 6.21. The van der Waals surface area contributed by atoms with E-state index < -0.39 is 0 Å². The molecule has 0 aliphatic carbocycles. The molecule has 1 aromatic carbocycles. The van der Waals surface area contributed by atoms with Crippen LogP contribution in [-0.2, 0) is 0 Å². The van der Waals surface area contributed by atoms with E-state index in [0.29, 0.717) is 5.92 Å². The fourth-order valence-corrected chi connectivity index (χ4v) is 1.67. The number of methoxy groups -OCH3 is 1. The van der Waals surface area contributed by atoms with Crippen LogP contribution in [0.3, 0.4) is 0 Å². The molecule has 3 heteroatoms. The summed E-state index contributed by atoms with van der Waals surface area (Å²) in [4.78, 5) is 0. The van der Waals surface area contributed by atoms with Gasteiger partial charge in [-0.3, -0.25) is 0 Å².